The van der Waals surface area contributed by atoms with E-state index in [4.69, 9.17) is 25.8 Å². The Balaban J connectivity index is 1.31. The first-order chi connectivity index (χ1) is 19.1. The van der Waals surface area contributed by atoms with Gasteiger partial charge in [0.2, 0.25) is 0 Å². The lowest BCUT2D eigenvalue weighted by molar-refractivity contribution is -0.0962. The number of nitrogens with zero attached hydrogens (tertiary/aromatic N) is 1. The standard InChI is InChI=1S/C31H38ClF2NO4S/c1-30(2,3)39-29(36)35-14-4-5-22(18-35)40-16-12-26-23-19-38-28-25(34)11-10-24(33)27(28)31(23,13-15-37-26)17-20-6-8-21(32)9-7-20/h6-11,22-23,26H,4-5,12-19H2,1-3H3/t22-,23+,26+,31+/m1/s1. The molecule has 218 valence electrons. The van der Waals surface area contributed by atoms with Gasteiger partial charge in [-0.3, -0.25) is 0 Å². The molecule has 0 aromatic heterocycles. The molecule has 4 atom stereocenters. The minimum atomic E-state index is -0.653. The summed E-state index contributed by atoms with van der Waals surface area (Å²) < 4.78 is 48.2. The van der Waals surface area contributed by atoms with Crippen LogP contribution in [0.15, 0.2) is 36.4 Å². The minimum absolute atomic E-state index is 0.0321. The summed E-state index contributed by atoms with van der Waals surface area (Å²) in [6.45, 7) is 7.75. The highest BCUT2D eigenvalue weighted by molar-refractivity contribution is 7.99. The number of hydrogen-bond acceptors (Lipinski definition) is 5. The second-order valence-corrected chi connectivity index (χ2v) is 14.0. The number of ether oxygens (including phenoxy) is 3. The summed E-state index contributed by atoms with van der Waals surface area (Å²) in [4.78, 5) is 14.4. The van der Waals surface area contributed by atoms with E-state index in [1.165, 1.54) is 6.07 Å². The molecule has 5 rings (SSSR count). The lowest BCUT2D eigenvalue weighted by Crippen LogP contribution is -2.55. The van der Waals surface area contributed by atoms with Crippen LogP contribution < -0.4 is 4.74 Å². The number of fused-ring (bicyclic) bond motifs is 3. The molecule has 5 nitrogen and oxygen atoms in total. The Labute approximate surface area is 244 Å². The van der Waals surface area contributed by atoms with Gasteiger partial charge in [-0.2, -0.15) is 11.8 Å². The summed E-state index contributed by atoms with van der Waals surface area (Å²) in [6, 6.07) is 9.94. The molecule has 3 aliphatic rings. The van der Waals surface area contributed by atoms with E-state index in [1.54, 1.807) is 0 Å². The van der Waals surface area contributed by atoms with E-state index in [9.17, 15) is 9.18 Å². The van der Waals surface area contributed by atoms with Crippen molar-refractivity contribution in [3.05, 3.63) is 64.2 Å². The number of carbonyl (C=O) groups is 1. The van der Waals surface area contributed by atoms with Crippen LogP contribution in [0.5, 0.6) is 5.75 Å². The SMILES string of the molecule is CC(C)(C)OC(=O)N1CCC[C@@H](SCC[C@@H]2OCC[C@@]3(Cc4ccc(Cl)cc4)c4c(F)ccc(F)c4OC[C@@H]23)C1. The molecule has 0 N–H and O–H groups in total. The van der Waals surface area contributed by atoms with Gasteiger partial charge < -0.3 is 19.1 Å². The van der Waals surface area contributed by atoms with Crippen LogP contribution in [0.4, 0.5) is 13.6 Å². The van der Waals surface area contributed by atoms with Crippen LogP contribution in [-0.2, 0) is 21.3 Å². The minimum Gasteiger partial charge on any atom is -0.490 e. The van der Waals surface area contributed by atoms with E-state index >= 15 is 4.39 Å². The van der Waals surface area contributed by atoms with Gasteiger partial charge in [-0.1, -0.05) is 23.7 Å². The molecular formula is C31H38ClF2NO4S. The number of thioether (sulfide) groups is 1. The fourth-order valence-electron chi connectivity index (χ4n) is 6.41. The summed E-state index contributed by atoms with van der Waals surface area (Å²) in [5.74, 6) is -0.232. The Morgan fingerprint density at radius 1 is 1.18 bits per heavy atom. The van der Waals surface area contributed by atoms with Gasteiger partial charge in [0, 0.05) is 46.9 Å². The molecule has 9 heteroatoms. The van der Waals surface area contributed by atoms with Crippen LogP contribution >= 0.6 is 23.4 Å². The van der Waals surface area contributed by atoms with E-state index in [0.717, 1.165) is 36.6 Å². The number of rotatable bonds is 6. The molecule has 3 heterocycles. The number of piperidine rings is 1. The quantitative estimate of drug-likeness (QED) is 0.349. The molecular weight excluding hydrogens is 556 g/mol. The first-order valence-corrected chi connectivity index (χ1v) is 15.6. The maximum absolute atomic E-state index is 15.5. The Morgan fingerprint density at radius 3 is 2.67 bits per heavy atom. The van der Waals surface area contributed by atoms with Crippen molar-refractivity contribution in [3.63, 3.8) is 0 Å². The van der Waals surface area contributed by atoms with E-state index in [2.05, 4.69) is 0 Å². The number of benzene rings is 2. The first kappa shape index (κ1) is 29.5. The molecule has 2 fully saturated rings. The van der Waals surface area contributed by atoms with Gasteiger partial charge in [0.1, 0.15) is 11.4 Å². The summed E-state index contributed by atoms with van der Waals surface area (Å²) in [5.41, 5.74) is 0.182. The highest BCUT2D eigenvalue weighted by Gasteiger charge is 2.53. The highest BCUT2D eigenvalue weighted by atomic mass is 35.5. The van der Waals surface area contributed by atoms with Crippen LogP contribution in [0.3, 0.4) is 0 Å². The number of likely N-dealkylation sites (tertiary alicyclic amines) is 1. The molecule has 0 saturated carbocycles. The molecule has 2 aromatic rings. The fourth-order valence-corrected chi connectivity index (χ4v) is 7.86. The van der Waals surface area contributed by atoms with Gasteiger partial charge >= 0.3 is 6.09 Å². The maximum Gasteiger partial charge on any atom is 0.410 e. The van der Waals surface area contributed by atoms with Crippen molar-refractivity contribution in [1.29, 1.82) is 0 Å². The zero-order chi connectivity index (χ0) is 28.5. The Kier molecular flexibility index (Phi) is 8.89. The number of halogens is 3. The van der Waals surface area contributed by atoms with Gasteiger partial charge in [-0.25, -0.2) is 13.6 Å². The van der Waals surface area contributed by atoms with Gasteiger partial charge in [-0.15, -0.1) is 0 Å². The van der Waals surface area contributed by atoms with E-state index in [1.807, 2.05) is 61.7 Å². The van der Waals surface area contributed by atoms with Crippen LogP contribution in [0.25, 0.3) is 0 Å². The molecule has 40 heavy (non-hydrogen) atoms. The molecule has 0 spiro atoms. The van der Waals surface area contributed by atoms with Crippen molar-refractivity contribution >= 4 is 29.5 Å². The second-order valence-electron chi connectivity index (χ2n) is 12.1. The summed E-state index contributed by atoms with van der Waals surface area (Å²) >= 11 is 7.98. The largest absolute Gasteiger partial charge is 0.490 e. The lowest BCUT2D eigenvalue weighted by Gasteiger charge is -2.51. The molecule has 2 aromatic carbocycles. The number of amides is 1. The Bertz CT molecular complexity index is 1210. The van der Waals surface area contributed by atoms with Crippen molar-refractivity contribution < 1.29 is 27.8 Å². The van der Waals surface area contributed by atoms with Crippen molar-refractivity contribution in [3.8, 4) is 5.75 Å². The Hall–Kier alpha value is -2.03. The van der Waals surface area contributed by atoms with E-state index < -0.39 is 22.7 Å². The average Bonchev–Trinajstić information content (AvgIpc) is 2.91. The van der Waals surface area contributed by atoms with Crippen LogP contribution in [0.2, 0.25) is 5.02 Å². The predicted molar refractivity (Wildman–Crippen MR) is 154 cm³/mol. The van der Waals surface area contributed by atoms with Crippen molar-refractivity contribution in [2.24, 2.45) is 5.92 Å². The number of carbonyl (C=O) groups excluding carboxylic acids is 1. The van der Waals surface area contributed by atoms with E-state index in [-0.39, 0.29) is 30.5 Å². The number of hydrogen-bond donors (Lipinski definition) is 0. The smallest absolute Gasteiger partial charge is 0.410 e. The van der Waals surface area contributed by atoms with Gasteiger partial charge in [0.25, 0.3) is 0 Å². The van der Waals surface area contributed by atoms with Crippen molar-refractivity contribution in [2.45, 2.75) is 75.2 Å². The molecule has 0 aliphatic carbocycles. The third-order valence-electron chi connectivity index (χ3n) is 8.22. The normalized spacial score (nSPS) is 26.4. The summed E-state index contributed by atoms with van der Waals surface area (Å²) in [5, 5.41) is 0.954. The third kappa shape index (κ3) is 6.39. The monoisotopic (exact) mass is 593 g/mol. The van der Waals surface area contributed by atoms with E-state index in [0.29, 0.717) is 48.4 Å². The first-order valence-electron chi connectivity index (χ1n) is 14.1. The molecule has 0 radical (unpaired) electrons. The van der Waals surface area contributed by atoms with Gasteiger partial charge in [0.05, 0.1) is 12.7 Å². The lowest BCUT2D eigenvalue weighted by atomic mass is 9.60. The van der Waals surface area contributed by atoms with Crippen LogP contribution in [0.1, 0.15) is 57.6 Å². The topological polar surface area (TPSA) is 48.0 Å². The van der Waals surface area contributed by atoms with Gasteiger partial charge in [-0.05, 0) is 88.5 Å². The average molecular weight is 594 g/mol. The van der Waals surface area contributed by atoms with Crippen molar-refractivity contribution in [2.75, 3.05) is 32.1 Å². The Morgan fingerprint density at radius 2 is 1.93 bits per heavy atom. The zero-order valence-electron chi connectivity index (χ0n) is 23.4. The summed E-state index contributed by atoms with van der Waals surface area (Å²) in [6.07, 6.45) is 3.46. The molecule has 3 aliphatic heterocycles. The molecule has 1 amide bonds. The van der Waals surface area contributed by atoms with Crippen LogP contribution in [0, 0.1) is 17.6 Å². The zero-order valence-corrected chi connectivity index (χ0v) is 25.0. The molecule has 0 unspecified atom stereocenters. The molecule has 0 bridgehead atoms. The van der Waals surface area contributed by atoms with Crippen molar-refractivity contribution in [1.82, 2.24) is 4.90 Å². The van der Waals surface area contributed by atoms with Crippen LogP contribution in [-0.4, -0.2) is 60.0 Å². The third-order valence-corrected chi connectivity index (χ3v) is 9.80. The van der Waals surface area contributed by atoms with Gasteiger partial charge in [0.15, 0.2) is 11.6 Å². The predicted octanol–water partition coefficient (Wildman–Crippen LogP) is 7.42. The highest BCUT2D eigenvalue weighted by Crippen LogP contribution is 2.53. The fraction of sp³-hybridized carbons (Fsp3) is 0.581. The summed E-state index contributed by atoms with van der Waals surface area (Å²) in [7, 11) is 0. The second kappa shape index (κ2) is 12.1. The molecule has 2 saturated heterocycles. The maximum atomic E-state index is 15.5.